The number of rotatable bonds is 6. The molecule has 2 fully saturated rings. The summed E-state index contributed by atoms with van der Waals surface area (Å²) in [6, 6.07) is 3.83. The number of hydrogen-bond donors (Lipinski definition) is 0. The molecule has 2 aromatic rings. The van der Waals surface area contributed by atoms with Crippen molar-refractivity contribution in [2.24, 2.45) is 11.8 Å². The number of piperidine rings is 1. The van der Waals surface area contributed by atoms with Gasteiger partial charge in [0.15, 0.2) is 0 Å². The van der Waals surface area contributed by atoms with E-state index >= 15 is 0 Å². The first-order valence-electron chi connectivity index (χ1n) is 11.3. The quantitative estimate of drug-likeness (QED) is 0.350. The van der Waals surface area contributed by atoms with Crippen LogP contribution in [0.4, 0.5) is 5.82 Å². The predicted molar refractivity (Wildman–Crippen MR) is 138 cm³/mol. The molecule has 9 heteroatoms. The zero-order chi connectivity index (χ0) is 23.7. The summed E-state index contributed by atoms with van der Waals surface area (Å²) in [4.78, 5) is 35.9. The normalized spacial score (nSPS) is 22.7. The molecule has 2 aliphatic rings. The van der Waals surface area contributed by atoms with E-state index in [0.29, 0.717) is 57.7 Å². The summed E-state index contributed by atoms with van der Waals surface area (Å²) in [6.07, 6.45) is 5.34. The minimum absolute atomic E-state index is 0.166. The molecule has 0 aliphatic carbocycles. The molecular formula is C24H30N4O3S2. The Morgan fingerprint density at radius 1 is 1.24 bits per heavy atom. The summed E-state index contributed by atoms with van der Waals surface area (Å²) in [6.45, 7) is 9.11. The maximum Gasteiger partial charge on any atom is 0.267 e. The largest absolute Gasteiger partial charge is 0.385 e. The van der Waals surface area contributed by atoms with Crippen molar-refractivity contribution in [3.05, 3.63) is 44.7 Å². The molecule has 7 nitrogen and oxygen atoms in total. The number of anilines is 1. The van der Waals surface area contributed by atoms with Crippen molar-refractivity contribution < 1.29 is 9.53 Å². The lowest BCUT2D eigenvalue weighted by atomic mass is 9.91. The zero-order valence-electron chi connectivity index (χ0n) is 19.5. The van der Waals surface area contributed by atoms with Crippen molar-refractivity contribution >= 4 is 51.7 Å². The van der Waals surface area contributed by atoms with Gasteiger partial charge in [-0.05, 0) is 49.3 Å². The van der Waals surface area contributed by atoms with E-state index in [1.807, 2.05) is 19.1 Å². The number of amides is 1. The fourth-order valence-corrected chi connectivity index (χ4v) is 5.93. The SMILES string of the molecule is COCCCN1C(=O)/C(=C\c2c(N3C[C@@H](C)C[C@H](C)C3)nc3ccc(C)cn3c2=O)SC1=S. The second kappa shape index (κ2) is 9.95. The molecule has 0 bridgehead atoms. The van der Waals surface area contributed by atoms with Gasteiger partial charge in [0.25, 0.3) is 11.5 Å². The number of carbonyl (C=O) groups is 1. The number of pyridine rings is 1. The lowest BCUT2D eigenvalue weighted by molar-refractivity contribution is -0.122. The Balaban J connectivity index is 1.80. The summed E-state index contributed by atoms with van der Waals surface area (Å²) in [5, 5.41) is 0. The van der Waals surface area contributed by atoms with Crippen LogP contribution in [0.25, 0.3) is 11.7 Å². The molecule has 4 rings (SSSR count). The van der Waals surface area contributed by atoms with E-state index in [4.69, 9.17) is 21.9 Å². The van der Waals surface area contributed by atoms with E-state index in [9.17, 15) is 9.59 Å². The monoisotopic (exact) mass is 486 g/mol. The predicted octanol–water partition coefficient (Wildman–Crippen LogP) is 3.72. The van der Waals surface area contributed by atoms with E-state index < -0.39 is 0 Å². The van der Waals surface area contributed by atoms with Crippen LogP contribution in [0, 0.1) is 18.8 Å². The number of aryl methyl sites for hydroxylation is 1. The van der Waals surface area contributed by atoms with E-state index in [-0.39, 0.29) is 11.5 Å². The summed E-state index contributed by atoms with van der Waals surface area (Å²) >= 11 is 6.70. The summed E-state index contributed by atoms with van der Waals surface area (Å²) in [5.74, 6) is 1.48. The van der Waals surface area contributed by atoms with Gasteiger partial charge >= 0.3 is 0 Å². The molecular weight excluding hydrogens is 456 g/mol. The standard InChI is InChI=1S/C24H30N4O3S2/c1-15-6-7-20-25-21(26-12-16(2)10-17(3)13-26)18(22(29)28(20)14-15)11-19-23(30)27(24(32)33-19)8-5-9-31-4/h6-7,11,14,16-17H,5,8-10,12-13H2,1-4H3/b19-11+/t16-,17-/m0/s1. The van der Waals surface area contributed by atoms with Crippen LogP contribution in [0.2, 0.25) is 0 Å². The second-order valence-electron chi connectivity index (χ2n) is 9.12. The van der Waals surface area contributed by atoms with Gasteiger partial charge in [-0.2, -0.15) is 0 Å². The molecule has 2 aromatic heterocycles. The minimum Gasteiger partial charge on any atom is -0.385 e. The van der Waals surface area contributed by atoms with E-state index in [1.165, 1.54) is 11.8 Å². The summed E-state index contributed by atoms with van der Waals surface area (Å²) in [5.41, 5.74) is 1.84. The molecule has 0 aromatic carbocycles. The van der Waals surface area contributed by atoms with Crippen molar-refractivity contribution in [2.75, 3.05) is 38.3 Å². The number of methoxy groups -OCH3 is 1. The van der Waals surface area contributed by atoms with Crippen LogP contribution in [-0.4, -0.2) is 57.9 Å². The van der Waals surface area contributed by atoms with Crippen LogP contribution < -0.4 is 10.5 Å². The van der Waals surface area contributed by atoms with Crippen LogP contribution in [-0.2, 0) is 9.53 Å². The number of ether oxygens (including phenoxy) is 1. The van der Waals surface area contributed by atoms with Gasteiger partial charge in [0, 0.05) is 39.5 Å². The van der Waals surface area contributed by atoms with Gasteiger partial charge in [0.1, 0.15) is 15.8 Å². The van der Waals surface area contributed by atoms with Gasteiger partial charge < -0.3 is 9.64 Å². The maximum atomic E-state index is 13.6. The van der Waals surface area contributed by atoms with Crippen LogP contribution >= 0.6 is 24.0 Å². The third-order valence-corrected chi connectivity index (χ3v) is 7.41. The van der Waals surface area contributed by atoms with Crippen molar-refractivity contribution in [3.8, 4) is 0 Å². The van der Waals surface area contributed by atoms with Gasteiger partial charge in [-0.3, -0.25) is 18.9 Å². The Bertz CT molecular complexity index is 1170. The van der Waals surface area contributed by atoms with Gasteiger partial charge in [-0.25, -0.2) is 4.98 Å². The van der Waals surface area contributed by atoms with Crippen LogP contribution in [0.1, 0.15) is 37.8 Å². The molecule has 2 aliphatic heterocycles. The Morgan fingerprint density at radius 2 is 1.97 bits per heavy atom. The van der Waals surface area contributed by atoms with Gasteiger partial charge in [-0.1, -0.05) is 43.9 Å². The first-order chi connectivity index (χ1) is 15.8. The highest BCUT2D eigenvalue weighted by molar-refractivity contribution is 8.26. The van der Waals surface area contributed by atoms with Gasteiger partial charge in [0.05, 0.1) is 10.5 Å². The third-order valence-electron chi connectivity index (χ3n) is 6.03. The highest BCUT2D eigenvalue weighted by Gasteiger charge is 2.33. The highest BCUT2D eigenvalue weighted by Crippen LogP contribution is 2.34. The highest BCUT2D eigenvalue weighted by atomic mass is 32.2. The third kappa shape index (κ3) is 5.00. The first kappa shape index (κ1) is 23.9. The average Bonchev–Trinajstić information content (AvgIpc) is 3.02. The minimum atomic E-state index is -0.172. The summed E-state index contributed by atoms with van der Waals surface area (Å²) < 4.78 is 7.18. The maximum absolute atomic E-state index is 13.6. The molecule has 1 amide bonds. The average molecular weight is 487 g/mol. The van der Waals surface area contributed by atoms with Crippen molar-refractivity contribution in [3.63, 3.8) is 0 Å². The fraction of sp³-hybridized carbons (Fsp3) is 0.500. The molecule has 0 spiro atoms. The first-order valence-corrected chi connectivity index (χ1v) is 12.5. The smallest absolute Gasteiger partial charge is 0.267 e. The van der Waals surface area contributed by atoms with Crippen LogP contribution in [0.5, 0.6) is 0 Å². The topological polar surface area (TPSA) is 67.2 Å². The number of thiocarbonyl (C=S) groups is 1. The van der Waals surface area contributed by atoms with Crippen molar-refractivity contribution in [2.45, 2.75) is 33.6 Å². The van der Waals surface area contributed by atoms with E-state index in [1.54, 1.807) is 28.7 Å². The molecule has 33 heavy (non-hydrogen) atoms. The number of nitrogens with zero attached hydrogens (tertiary/aromatic N) is 4. The zero-order valence-corrected chi connectivity index (χ0v) is 21.2. The van der Waals surface area contributed by atoms with Gasteiger partial charge in [-0.15, -0.1) is 0 Å². The molecule has 176 valence electrons. The molecule has 2 atom stereocenters. The Hall–Kier alpha value is -2.23. The molecule has 0 unspecified atom stereocenters. The van der Waals surface area contributed by atoms with Crippen LogP contribution in [0.15, 0.2) is 28.0 Å². The molecule has 0 N–H and O–H groups in total. The van der Waals surface area contributed by atoms with E-state index in [0.717, 1.165) is 25.1 Å². The molecule has 0 radical (unpaired) electrons. The van der Waals surface area contributed by atoms with Crippen molar-refractivity contribution in [1.29, 1.82) is 0 Å². The Kier molecular flexibility index (Phi) is 7.21. The second-order valence-corrected chi connectivity index (χ2v) is 10.8. The number of carbonyl (C=O) groups excluding carboxylic acids is 1. The van der Waals surface area contributed by atoms with Crippen LogP contribution in [0.3, 0.4) is 0 Å². The molecule has 2 saturated heterocycles. The number of hydrogen-bond acceptors (Lipinski definition) is 7. The van der Waals surface area contributed by atoms with Crippen molar-refractivity contribution in [1.82, 2.24) is 14.3 Å². The number of fused-ring (bicyclic) bond motifs is 1. The lowest BCUT2D eigenvalue weighted by Gasteiger charge is -2.36. The Labute approximate surface area is 203 Å². The van der Waals surface area contributed by atoms with Gasteiger partial charge in [0.2, 0.25) is 0 Å². The van der Waals surface area contributed by atoms with E-state index in [2.05, 4.69) is 18.7 Å². The lowest BCUT2D eigenvalue weighted by Crippen LogP contribution is -2.40. The Morgan fingerprint density at radius 3 is 2.67 bits per heavy atom. The summed E-state index contributed by atoms with van der Waals surface area (Å²) in [7, 11) is 1.63. The number of thioether (sulfide) groups is 1. The number of aromatic nitrogens is 2. The fourth-order valence-electron chi connectivity index (χ4n) is 4.64. The molecule has 4 heterocycles. The molecule has 0 saturated carbocycles.